The molecule has 1 fully saturated rings. The lowest BCUT2D eigenvalue weighted by Gasteiger charge is -2.40. The van der Waals surface area contributed by atoms with Crippen molar-refractivity contribution in [2.24, 2.45) is 0 Å². The minimum absolute atomic E-state index is 0.0347. The van der Waals surface area contributed by atoms with Crippen LogP contribution in [0.2, 0.25) is 0 Å². The number of rotatable bonds is 17. The highest BCUT2D eigenvalue weighted by atomic mass is 16.6. The summed E-state index contributed by atoms with van der Waals surface area (Å²) in [5, 5.41) is 42.3. The fourth-order valence-corrected chi connectivity index (χ4v) is 5.86. The Hall–Kier alpha value is -4.47. The van der Waals surface area contributed by atoms with Crippen LogP contribution in [-0.4, -0.2) is 114 Å². The Morgan fingerprint density at radius 1 is 0.680 bits per heavy atom. The molecule has 1 aromatic carbocycles. The summed E-state index contributed by atoms with van der Waals surface area (Å²) >= 11 is 0. The first-order chi connectivity index (χ1) is 24.3. The highest BCUT2D eigenvalue weighted by molar-refractivity contribution is 5.83. The zero-order chi connectivity index (χ0) is 35.3. The van der Waals surface area contributed by atoms with Crippen molar-refractivity contribution in [1.82, 2.24) is 30.1 Å². The number of aliphatic hydroxyl groups is 4. The summed E-state index contributed by atoms with van der Waals surface area (Å²) in [6.07, 6.45) is -0.281. The monoisotopic (exact) mass is 684 g/mol. The summed E-state index contributed by atoms with van der Waals surface area (Å²) in [4.78, 5) is 44.0. The molecule has 0 aliphatic carbocycles. The fourth-order valence-electron chi connectivity index (χ4n) is 5.86. The van der Waals surface area contributed by atoms with Crippen LogP contribution in [0.5, 0.6) is 0 Å². The van der Waals surface area contributed by atoms with E-state index < -0.39 is 43.2 Å². The van der Waals surface area contributed by atoms with E-state index in [-0.39, 0.29) is 25.2 Å². The molecule has 5 rings (SSSR count). The third-order valence-electron chi connectivity index (χ3n) is 8.48. The average molecular weight is 685 g/mol. The average Bonchev–Trinajstić information content (AvgIpc) is 3.12. The van der Waals surface area contributed by atoms with Crippen LogP contribution in [0.3, 0.4) is 0 Å². The van der Waals surface area contributed by atoms with Gasteiger partial charge in [0.1, 0.15) is 24.4 Å². The molecule has 13 heteroatoms. The number of ketones is 1. The van der Waals surface area contributed by atoms with Crippen LogP contribution >= 0.6 is 0 Å². The summed E-state index contributed by atoms with van der Waals surface area (Å²) in [7, 11) is 0. The topological polar surface area (TPSA) is 181 Å². The molecule has 5 atom stereocenters. The summed E-state index contributed by atoms with van der Waals surface area (Å²) in [5.41, 5.74) is 4.22. The quantitative estimate of drug-likeness (QED) is 0.105. The number of benzene rings is 1. The van der Waals surface area contributed by atoms with E-state index in [1.54, 1.807) is 42.9 Å². The van der Waals surface area contributed by atoms with E-state index in [0.717, 1.165) is 22.6 Å². The molecule has 0 radical (unpaired) electrons. The molecule has 1 saturated heterocycles. The molecule has 5 N–H and O–H groups in total. The summed E-state index contributed by atoms with van der Waals surface area (Å²) in [6, 6.07) is 23.3. The summed E-state index contributed by atoms with van der Waals surface area (Å²) < 4.78 is 5.10. The number of nitrogens with one attached hydrogen (secondary N) is 1. The number of amides is 1. The Kier molecular flexibility index (Phi) is 13.6. The van der Waals surface area contributed by atoms with E-state index in [1.165, 1.54) is 0 Å². The van der Waals surface area contributed by atoms with Gasteiger partial charge >= 0.3 is 0 Å². The van der Waals surface area contributed by atoms with Gasteiger partial charge in [0.05, 0.1) is 36.7 Å². The number of ether oxygens (including phenoxy) is 1. The van der Waals surface area contributed by atoms with E-state index in [4.69, 9.17) is 4.74 Å². The van der Waals surface area contributed by atoms with E-state index in [1.807, 2.05) is 54.6 Å². The number of aromatic nitrogens is 3. The molecule has 3 aromatic heterocycles. The first-order valence-electron chi connectivity index (χ1n) is 16.6. The standard InChI is InChI=1S/C37H44N6O7/c44-25-32-35(47)36(48)34(37(49)50-32)41-33(46)20-27-12-10-26(11-13-27)19-31(45)24-43(23-30-9-3-6-16-40-30)18-17-42(21-28-7-1-4-14-38-28)22-29-8-2-5-15-39-29/h1-16,32,34-37,44,47-49H,17-25H2,(H,41,46)/t32-,34-,35-,36-,37?/m1/s1. The molecule has 1 aliphatic rings. The smallest absolute Gasteiger partial charge is 0.224 e. The number of Topliss-reactive ketones (excluding diaryl/α,β-unsaturated/α-hetero) is 1. The van der Waals surface area contributed by atoms with Crippen LogP contribution in [-0.2, 0) is 46.8 Å². The Bertz CT molecular complexity index is 1580. The number of hydrogen-bond acceptors (Lipinski definition) is 12. The Morgan fingerprint density at radius 3 is 1.68 bits per heavy atom. The van der Waals surface area contributed by atoms with Gasteiger partial charge in [-0.1, -0.05) is 42.5 Å². The van der Waals surface area contributed by atoms with E-state index in [0.29, 0.717) is 38.3 Å². The van der Waals surface area contributed by atoms with Crippen molar-refractivity contribution < 1.29 is 34.8 Å². The fraction of sp³-hybridized carbons (Fsp3) is 0.378. The number of hydrogen-bond donors (Lipinski definition) is 5. The molecule has 0 saturated carbocycles. The number of nitrogens with zero attached hydrogens (tertiary/aromatic N) is 5. The van der Waals surface area contributed by atoms with Gasteiger partial charge in [0, 0.05) is 57.7 Å². The lowest BCUT2D eigenvalue weighted by Crippen LogP contribution is -2.64. The molecule has 0 spiro atoms. The van der Waals surface area contributed by atoms with Crippen molar-refractivity contribution in [2.45, 2.75) is 63.1 Å². The van der Waals surface area contributed by atoms with Crippen LogP contribution < -0.4 is 5.32 Å². The second-order valence-corrected chi connectivity index (χ2v) is 12.4. The number of carbonyl (C=O) groups excluding carboxylic acids is 2. The van der Waals surface area contributed by atoms with Gasteiger partial charge in [-0.2, -0.15) is 0 Å². The van der Waals surface area contributed by atoms with Crippen LogP contribution in [0.25, 0.3) is 0 Å². The van der Waals surface area contributed by atoms with E-state index in [2.05, 4.69) is 30.1 Å². The van der Waals surface area contributed by atoms with Gasteiger partial charge in [-0.05, 0) is 47.5 Å². The number of aliphatic hydroxyl groups excluding tert-OH is 4. The second kappa shape index (κ2) is 18.5. The maximum atomic E-state index is 13.4. The molecule has 13 nitrogen and oxygen atoms in total. The molecular formula is C37H44N6O7. The van der Waals surface area contributed by atoms with Gasteiger partial charge in [-0.25, -0.2) is 0 Å². The highest BCUT2D eigenvalue weighted by Gasteiger charge is 2.44. The Labute approximate surface area is 291 Å². The maximum Gasteiger partial charge on any atom is 0.224 e. The number of pyridine rings is 3. The third kappa shape index (κ3) is 11.0. The first-order valence-corrected chi connectivity index (χ1v) is 16.6. The Morgan fingerprint density at radius 2 is 1.18 bits per heavy atom. The normalized spacial score (nSPS) is 20.6. The van der Waals surface area contributed by atoms with Gasteiger partial charge in [0.15, 0.2) is 12.1 Å². The molecular weight excluding hydrogens is 640 g/mol. The van der Waals surface area contributed by atoms with Crippen molar-refractivity contribution >= 4 is 11.7 Å². The predicted molar refractivity (Wildman–Crippen MR) is 183 cm³/mol. The molecule has 1 amide bonds. The molecule has 1 aliphatic heterocycles. The van der Waals surface area contributed by atoms with Crippen molar-refractivity contribution in [3.05, 3.63) is 126 Å². The lowest BCUT2D eigenvalue weighted by molar-refractivity contribution is -0.253. The Balaban J connectivity index is 1.17. The molecule has 4 heterocycles. The van der Waals surface area contributed by atoms with Crippen LogP contribution in [0.1, 0.15) is 28.2 Å². The van der Waals surface area contributed by atoms with Crippen LogP contribution in [0.15, 0.2) is 97.5 Å². The van der Waals surface area contributed by atoms with E-state index >= 15 is 0 Å². The zero-order valence-electron chi connectivity index (χ0n) is 27.7. The third-order valence-corrected chi connectivity index (χ3v) is 8.48. The van der Waals surface area contributed by atoms with Crippen LogP contribution in [0.4, 0.5) is 0 Å². The molecule has 264 valence electrons. The summed E-state index contributed by atoms with van der Waals surface area (Å²) in [6.45, 7) is 2.69. The molecule has 1 unspecified atom stereocenters. The van der Waals surface area contributed by atoms with Crippen molar-refractivity contribution in [2.75, 3.05) is 26.2 Å². The minimum Gasteiger partial charge on any atom is -0.394 e. The van der Waals surface area contributed by atoms with Gasteiger partial charge in [0.2, 0.25) is 5.91 Å². The van der Waals surface area contributed by atoms with Crippen LogP contribution in [0, 0.1) is 0 Å². The van der Waals surface area contributed by atoms with Crippen molar-refractivity contribution in [1.29, 1.82) is 0 Å². The second-order valence-electron chi connectivity index (χ2n) is 12.4. The SMILES string of the molecule is O=C(Cc1ccc(CC(=O)N[C@H]2C(O)O[C@H](CO)[C@@H](O)[C@@H]2O)cc1)CN(CCN(Cc1ccccn1)Cc1ccccn1)Cc1ccccn1. The largest absolute Gasteiger partial charge is 0.394 e. The zero-order valence-corrected chi connectivity index (χ0v) is 27.7. The molecule has 0 bridgehead atoms. The minimum atomic E-state index is -1.59. The number of carbonyl (C=O) groups is 2. The molecule has 50 heavy (non-hydrogen) atoms. The van der Waals surface area contributed by atoms with Crippen molar-refractivity contribution in [3.63, 3.8) is 0 Å². The first kappa shape index (κ1) is 36.8. The maximum absolute atomic E-state index is 13.4. The molecule has 4 aromatic rings. The van der Waals surface area contributed by atoms with Gasteiger partial charge < -0.3 is 30.5 Å². The van der Waals surface area contributed by atoms with Gasteiger partial charge in [0.25, 0.3) is 0 Å². The summed E-state index contributed by atoms with van der Waals surface area (Å²) in [5.74, 6) is -0.465. The van der Waals surface area contributed by atoms with Crippen molar-refractivity contribution in [3.8, 4) is 0 Å². The van der Waals surface area contributed by atoms with Gasteiger partial charge in [-0.3, -0.25) is 34.3 Å². The lowest BCUT2D eigenvalue weighted by atomic mass is 9.96. The van der Waals surface area contributed by atoms with E-state index in [9.17, 15) is 30.0 Å². The highest BCUT2D eigenvalue weighted by Crippen LogP contribution is 2.20. The predicted octanol–water partition coefficient (Wildman–Crippen LogP) is 0.646. The van der Waals surface area contributed by atoms with Gasteiger partial charge in [-0.15, -0.1) is 0 Å².